The molecule has 0 radical (unpaired) electrons. The maximum atomic E-state index is 12.8. The summed E-state index contributed by atoms with van der Waals surface area (Å²) in [5.74, 6) is -1.57. The summed E-state index contributed by atoms with van der Waals surface area (Å²) in [4.78, 5) is 12.8. The molecule has 0 aromatic rings. The minimum absolute atomic E-state index is 0.00270. The minimum Gasteiger partial charge on any atom is -0.392 e. The lowest BCUT2D eigenvalue weighted by atomic mass is 9.52. The van der Waals surface area contributed by atoms with Crippen molar-refractivity contribution in [3.63, 3.8) is 0 Å². The highest BCUT2D eigenvalue weighted by molar-refractivity contribution is 5.92. The Morgan fingerprint density at radius 2 is 2.00 bits per heavy atom. The molecule has 0 unspecified atom stereocenters. The molecule has 0 aromatic heterocycles. The molecule has 0 bridgehead atoms. The van der Waals surface area contributed by atoms with E-state index < -0.39 is 17.3 Å². The van der Waals surface area contributed by atoms with Crippen molar-refractivity contribution >= 4 is 5.78 Å². The third kappa shape index (κ3) is 1.74. The predicted molar refractivity (Wildman–Crippen MR) is 73.7 cm³/mol. The van der Waals surface area contributed by atoms with Crippen LogP contribution < -0.4 is 0 Å². The van der Waals surface area contributed by atoms with Crippen LogP contribution in [0.5, 0.6) is 0 Å². The van der Waals surface area contributed by atoms with Crippen LogP contribution in [0.4, 0.5) is 0 Å². The van der Waals surface area contributed by atoms with E-state index in [9.17, 15) is 15.0 Å². The van der Waals surface area contributed by atoms with Crippen molar-refractivity contribution in [3.8, 4) is 0 Å². The van der Waals surface area contributed by atoms with E-state index >= 15 is 0 Å². The first-order chi connectivity index (χ1) is 9.28. The van der Waals surface area contributed by atoms with Crippen molar-refractivity contribution in [3.05, 3.63) is 12.2 Å². The molecular weight excluding hydrogens is 256 g/mol. The summed E-state index contributed by atoms with van der Waals surface area (Å²) in [5.41, 5.74) is -0.637. The average Bonchev–Trinajstić information content (AvgIpc) is 2.40. The molecule has 2 fully saturated rings. The molecule has 2 aliphatic carbocycles. The fraction of sp³-hybridized carbons (Fsp3) is 0.812. The summed E-state index contributed by atoms with van der Waals surface area (Å²) in [6, 6.07) is 0. The molecule has 3 rings (SSSR count). The van der Waals surface area contributed by atoms with Gasteiger partial charge in [0.1, 0.15) is 0 Å². The maximum Gasteiger partial charge on any atom is 0.224 e. The molecule has 1 aliphatic heterocycles. The van der Waals surface area contributed by atoms with Gasteiger partial charge in [-0.3, -0.25) is 4.79 Å². The summed E-state index contributed by atoms with van der Waals surface area (Å²) in [7, 11) is 0. The van der Waals surface area contributed by atoms with Crippen LogP contribution in [0, 0.1) is 29.1 Å². The van der Waals surface area contributed by atoms with E-state index in [4.69, 9.17) is 4.74 Å². The zero-order chi connectivity index (χ0) is 14.7. The summed E-state index contributed by atoms with van der Waals surface area (Å²) >= 11 is 0. The first-order valence-electron chi connectivity index (χ1n) is 7.56. The number of Topliss-reactive ketones (excluding diaryl/α,β-unsaturated/α-hetero) is 1. The maximum absolute atomic E-state index is 12.8. The molecule has 0 aromatic carbocycles. The van der Waals surface area contributed by atoms with E-state index in [1.165, 1.54) is 6.92 Å². The topological polar surface area (TPSA) is 66.8 Å². The molecular formula is C16H24O4. The van der Waals surface area contributed by atoms with Crippen molar-refractivity contribution in [1.82, 2.24) is 0 Å². The summed E-state index contributed by atoms with van der Waals surface area (Å²) in [6.07, 6.45) is 5.52. The lowest BCUT2D eigenvalue weighted by Gasteiger charge is -2.55. The zero-order valence-electron chi connectivity index (χ0n) is 12.4. The highest BCUT2D eigenvalue weighted by Crippen LogP contribution is 2.55. The van der Waals surface area contributed by atoms with E-state index in [1.54, 1.807) is 0 Å². The third-order valence-electron chi connectivity index (χ3n) is 5.94. The lowest BCUT2D eigenvalue weighted by Crippen LogP contribution is -2.63. The number of ketones is 1. The Balaban J connectivity index is 2.02. The molecule has 1 saturated heterocycles. The second-order valence-corrected chi connectivity index (χ2v) is 7.13. The highest BCUT2D eigenvalue weighted by atomic mass is 16.6. The Morgan fingerprint density at radius 3 is 2.70 bits per heavy atom. The van der Waals surface area contributed by atoms with Crippen molar-refractivity contribution in [2.24, 2.45) is 29.1 Å². The normalized spacial score (nSPS) is 55.2. The van der Waals surface area contributed by atoms with E-state index in [0.717, 1.165) is 12.8 Å². The predicted octanol–water partition coefficient (Wildman–Crippen LogP) is 1.51. The van der Waals surface area contributed by atoms with E-state index in [-0.39, 0.29) is 29.5 Å². The van der Waals surface area contributed by atoms with Gasteiger partial charge in [-0.15, -0.1) is 0 Å². The van der Waals surface area contributed by atoms with Crippen LogP contribution in [-0.2, 0) is 9.53 Å². The zero-order valence-corrected chi connectivity index (χ0v) is 12.4. The number of aliphatic hydroxyl groups is 2. The molecule has 1 saturated carbocycles. The molecule has 112 valence electrons. The Morgan fingerprint density at radius 1 is 1.30 bits per heavy atom. The first kappa shape index (κ1) is 14.2. The third-order valence-corrected chi connectivity index (χ3v) is 5.94. The van der Waals surface area contributed by atoms with Crippen LogP contribution in [0.25, 0.3) is 0 Å². The smallest absolute Gasteiger partial charge is 0.224 e. The van der Waals surface area contributed by atoms with Gasteiger partial charge in [0.15, 0.2) is 5.78 Å². The number of fused-ring (bicyclic) bond motifs is 3. The van der Waals surface area contributed by atoms with Crippen molar-refractivity contribution in [1.29, 1.82) is 0 Å². The van der Waals surface area contributed by atoms with Gasteiger partial charge >= 0.3 is 0 Å². The average molecular weight is 280 g/mol. The van der Waals surface area contributed by atoms with Gasteiger partial charge in [0.05, 0.1) is 12.7 Å². The van der Waals surface area contributed by atoms with E-state index in [0.29, 0.717) is 6.61 Å². The van der Waals surface area contributed by atoms with E-state index in [2.05, 4.69) is 13.0 Å². The Bertz CT molecular complexity index is 455. The van der Waals surface area contributed by atoms with Gasteiger partial charge in [-0.05, 0) is 31.6 Å². The SMILES string of the molecule is C[C@H]1CC[C@H]2[C@@H](C=C[C@@H]3CO[C@](C)(O)C(=O)[C@@]32C)[C@@H]1O. The molecule has 4 nitrogen and oxygen atoms in total. The quantitative estimate of drug-likeness (QED) is 0.660. The molecule has 20 heavy (non-hydrogen) atoms. The second-order valence-electron chi connectivity index (χ2n) is 7.13. The number of hydrogen-bond donors (Lipinski definition) is 2. The fourth-order valence-electron chi connectivity index (χ4n) is 4.49. The van der Waals surface area contributed by atoms with E-state index in [1.807, 2.05) is 13.0 Å². The molecule has 4 heteroatoms. The fourth-order valence-corrected chi connectivity index (χ4v) is 4.49. The number of carbonyl (C=O) groups is 1. The summed E-state index contributed by atoms with van der Waals surface area (Å²) < 4.78 is 5.33. The highest BCUT2D eigenvalue weighted by Gasteiger charge is 2.60. The largest absolute Gasteiger partial charge is 0.392 e. The number of ether oxygens (including phenoxy) is 1. The first-order valence-corrected chi connectivity index (χ1v) is 7.56. The molecule has 3 aliphatic rings. The van der Waals surface area contributed by atoms with Gasteiger partial charge in [-0.2, -0.15) is 0 Å². The van der Waals surface area contributed by atoms with Gasteiger partial charge in [-0.1, -0.05) is 26.0 Å². The monoisotopic (exact) mass is 280 g/mol. The standard InChI is InChI=1S/C16H24O4/c1-9-4-7-12-11(13(9)17)6-5-10-8-20-16(3,19)14(18)15(10,12)2/h5-6,9-13,17,19H,4,7-8H2,1-3H3/t9-,10+,11+,12-,13+,15-,16-/m0/s1. The summed E-state index contributed by atoms with van der Waals surface area (Å²) in [6.45, 7) is 5.80. The van der Waals surface area contributed by atoms with Crippen LogP contribution in [0.15, 0.2) is 12.2 Å². The van der Waals surface area contributed by atoms with Crippen LogP contribution in [0.3, 0.4) is 0 Å². The Kier molecular flexibility index (Phi) is 3.13. The number of aliphatic hydroxyl groups excluding tert-OH is 1. The van der Waals surface area contributed by atoms with Gasteiger partial charge in [0.25, 0.3) is 0 Å². The number of carbonyl (C=O) groups excluding carboxylic acids is 1. The number of hydrogen-bond acceptors (Lipinski definition) is 4. The molecule has 0 spiro atoms. The van der Waals surface area contributed by atoms with Crippen LogP contribution >= 0.6 is 0 Å². The minimum atomic E-state index is -1.70. The Labute approximate surface area is 119 Å². The van der Waals surface area contributed by atoms with Crippen molar-refractivity contribution < 1.29 is 19.7 Å². The number of rotatable bonds is 0. The molecule has 2 N–H and O–H groups in total. The molecule has 0 amide bonds. The van der Waals surface area contributed by atoms with Gasteiger partial charge in [0, 0.05) is 17.3 Å². The van der Waals surface area contributed by atoms with Crippen molar-refractivity contribution in [2.45, 2.75) is 45.5 Å². The summed E-state index contributed by atoms with van der Waals surface area (Å²) in [5, 5.41) is 20.6. The van der Waals surface area contributed by atoms with Gasteiger partial charge in [-0.25, -0.2) is 0 Å². The molecule has 7 atom stereocenters. The Hall–Kier alpha value is -0.710. The van der Waals surface area contributed by atoms with Gasteiger partial charge < -0.3 is 14.9 Å². The van der Waals surface area contributed by atoms with Crippen LogP contribution in [0.2, 0.25) is 0 Å². The second kappa shape index (κ2) is 4.39. The van der Waals surface area contributed by atoms with Crippen molar-refractivity contribution in [2.75, 3.05) is 6.61 Å². The van der Waals surface area contributed by atoms with Crippen LogP contribution in [0.1, 0.15) is 33.6 Å². The van der Waals surface area contributed by atoms with Gasteiger partial charge in [0.2, 0.25) is 5.79 Å². The lowest BCUT2D eigenvalue weighted by molar-refractivity contribution is -0.241. The molecule has 1 heterocycles. The van der Waals surface area contributed by atoms with Crippen LogP contribution in [-0.4, -0.2) is 34.5 Å².